The van der Waals surface area contributed by atoms with Crippen LogP contribution in [0.3, 0.4) is 0 Å². The van der Waals surface area contributed by atoms with E-state index in [1.165, 1.54) is 34.5 Å². The van der Waals surface area contributed by atoms with E-state index >= 15 is 0 Å². The first-order valence-corrected chi connectivity index (χ1v) is 13.9. The largest absolute Gasteiger partial charge is 0.363 e. The van der Waals surface area contributed by atoms with Gasteiger partial charge in [0.15, 0.2) is 0 Å². The number of hydrogen-bond acceptors (Lipinski definition) is 4. The molecule has 1 saturated heterocycles. The van der Waals surface area contributed by atoms with Gasteiger partial charge in [0.2, 0.25) is 0 Å². The van der Waals surface area contributed by atoms with Crippen LogP contribution in [-0.2, 0) is 16.8 Å². The average molecular weight is 491 g/mol. The number of nitrogens with zero attached hydrogens (tertiary/aromatic N) is 3. The van der Waals surface area contributed by atoms with Gasteiger partial charge in [-0.2, -0.15) is 13.1 Å². The first kappa shape index (κ1) is 25.6. The van der Waals surface area contributed by atoms with Gasteiger partial charge in [0.05, 0.1) is 24.4 Å². The summed E-state index contributed by atoms with van der Waals surface area (Å²) in [5.74, 6) is 4.99. The number of likely N-dealkylation sites (tertiary alicyclic amines) is 1. The van der Waals surface area contributed by atoms with Crippen molar-refractivity contribution < 1.29 is 13.0 Å². The van der Waals surface area contributed by atoms with E-state index in [4.69, 9.17) is 16.0 Å². The van der Waals surface area contributed by atoms with Crippen LogP contribution < -0.4 is 4.72 Å². The van der Waals surface area contributed by atoms with E-state index in [0.29, 0.717) is 6.54 Å². The summed E-state index contributed by atoms with van der Waals surface area (Å²) >= 11 is 1.87. The van der Waals surface area contributed by atoms with Gasteiger partial charge in [0.25, 0.3) is 0 Å². The zero-order chi connectivity index (χ0) is 23.7. The van der Waals surface area contributed by atoms with Crippen LogP contribution >= 0.6 is 11.8 Å². The summed E-state index contributed by atoms with van der Waals surface area (Å²) in [6.45, 7) is 2.64. The first-order chi connectivity index (χ1) is 15.9. The molecule has 2 heterocycles. The summed E-state index contributed by atoms with van der Waals surface area (Å²) in [7, 11) is -1.84. The third kappa shape index (κ3) is 8.07. The highest BCUT2D eigenvalue weighted by Gasteiger charge is 2.17. The summed E-state index contributed by atoms with van der Waals surface area (Å²) in [4.78, 5) is 8.29. The topological polar surface area (TPSA) is 86.9 Å². The lowest BCUT2D eigenvalue weighted by Gasteiger charge is -2.20. The second-order valence-corrected chi connectivity index (χ2v) is 10.8. The Morgan fingerprint density at radius 2 is 2.00 bits per heavy atom. The standard InChI is InChI=1S/C18H21N3S.C6H13NO3S/c1-3-11-21-14-17(15-7-4-5-8-16(15)21)22-13-10-19-18-9-6-12-20(18)2;8-11(9,10)7-6-4-2-1-3-5-6/h1,4-5,7-8,14H,6,9-13H2,2H3;6-7H,1-5H2,(H,8,9,10). The monoisotopic (exact) mass is 490 g/mol. The zero-order valence-corrected chi connectivity index (χ0v) is 20.9. The van der Waals surface area contributed by atoms with Crippen molar-refractivity contribution in [3.8, 4) is 12.3 Å². The molecule has 2 aromatic rings. The number of aromatic nitrogens is 1. The zero-order valence-electron chi connectivity index (χ0n) is 19.2. The summed E-state index contributed by atoms with van der Waals surface area (Å²) in [5, 5.41) is 1.29. The maximum absolute atomic E-state index is 10.3. The van der Waals surface area contributed by atoms with Gasteiger partial charge in [-0.3, -0.25) is 9.55 Å². The van der Waals surface area contributed by atoms with E-state index in [-0.39, 0.29) is 6.04 Å². The molecule has 0 unspecified atom stereocenters. The van der Waals surface area contributed by atoms with E-state index in [0.717, 1.165) is 50.9 Å². The van der Waals surface area contributed by atoms with E-state index in [1.807, 2.05) is 11.8 Å². The Balaban J connectivity index is 0.000000235. The fourth-order valence-corrected chi connectivity index (χ4v) is 5.90. The lowest BCUT2D eigenvalue weighted by molar-refractivity contribution is 0.389. The molecular weight excluding hydrogens is 456 g/mol. The van der Waals surface area contributed by atoms with E-state index in [1.54, 1.807) is 0 Å². The maximum atomic E-state index is 10.3. The number of terminal acetylenes is 1. The molecule has 1 aromatic heterocycles. The third-order valence-corrected chi connectivity index (χ3v) is 7.57. The molecule has 2 aliphatic rings. The molecule has 2 fully saturated rings. The molecule has 0 radical (unpaired) electrons. The van der Waals surface area contributed by atoms with Gasteiger partial charge in [0.1, 0.15) is 0 Å². The summed E-state index contributed by atoms with van der Waals surface area (Å²) in [5.41, 5.74) is 1.21. The van der Waals surface area contributed by atoms with Crippen LogP contribution in [0.5, 0.6) is 0 Å². The van der Waals surface area contributed by atoms with E-state index in [9.17, 15) is 8.42 Å². The van der Waals surface area contributed by atoms with Gasteiger partial charge in [-0.1, -0.05) is 43.4 Å². The Morgan fingerprint density at radius 3 is 2.67 bits per heavy atom. The summed E-state index contributed by atoms with van der Waals surface area (Å²) in [6.07, 6.45) is 15.0. The number of rotatable bonds is 7. The number of fused-ring (bicyclic) bond motifs is 1. The molecule has 1 aliphatic heterocycles. The predicted octanol–water partition coefficient (Wildman–Crippen LogP) is 4.20. The van der Waals surface area contributed by atoms with E-state index < -0.39 is 10.3 Å². The average Bonchev–Trinajstić information content (AvgIpc) is 3.35. The highest BCUT2D eigenvalue weighted by Crippen LogP contribution is 2.30. The Hall–Kier alpha value is -1.99. The predicted molar refractivity (Wildman–Crippen MR) is 137 cm³/mol. The molecule has 1 aromatic carbocycles. The molecule has 9 heteroatoms. The lowest BCUT2D eigenvalue weighted by atomic mass is 9.96. The van der Waals surface area contributed by atoms with Gasteiger partial charge in [-0.25, -0.2) is 0 Å². The first-order valence-electron chi connectivity index (χ1n) is 11.5. The van der Waals surface area contributed by atoms with Crippen molar-refractivity contribution in [2.24, 2.45) is 4.99 Å². The van der Waals surface area contributed by atoms with Crippen LogP contribution in [0.4, 0.5) is 0 Å². The van der Waals surface area contributed by atoms with Crippen molar-refractivity contribution in [2.45, 2.75) is 62.4 Å². The second kappa shape index (κ2) is 12.5. The third-order valence-electron chi connectivity index (χ3n) is 5.91. The highest BCUT2D eigenvalue weighted by atomic mass is 32.2. The van der Waals surface area contributed by atoms with Crippen molar-refractivity contribution >= 4 is 38.8 Å². The fraction of sp³-hybridized carbons (Fsp3) is 0.542. The maximum Gasteiger partial charge on any atom is 0.333 e. The fourth-order valence-electron chi connectivity index (χ4n) is 4.31. The van der Waals surface area contributed by atoms with Crippen molar-refractivity contribution in [1.29, 1.82) is 0 Å². The minimum absolute atomic E-state index is 0.0428. The highest BCUT2D eigenvalue weighted by molar-refractivity contribution is 7.99. The minimum atomic E-state index is -3.97. The molecule has 0 spiro atoms. The van der Waals surface area contributed by atoms with Gasteiger partial charge >= 0.3 is 10.3 Å². The smallest absolute Gasteiger partial charge is 0.333 e. The molecule has 33 heavy (non-hydrogen) atoms. The number of nitrogens with one attached hydrogen (secondary N) is 1. The van der Waals surface area contributed by atoms with Crippen molar-refractivity contribution in [3.63, 3.8) is 0 Å². The SMILES string of the molecule is C#CCn1cc(SCCN=C2CCCN2C)c2ccccc21.O=S(=O)(O)NC1CCCCC1. The van der Waals surface area contributed by atoms with Crippen molar-refractivity contribution in [2.75, 3.05) is 25.9 Å². The number of thioether (sulfide) groups is 1. The molecule has 180 valence electrons. The van der Waals surface area contributed by atoms with Crippen LogP contribution in [0.1, 0.15) is 44.9 Å². The summed E-state index contributed by atoms with van der Waals surface area (Å²) < 4.78 is 33.5. The molecule has 1 saturated carbocycles. The minimum Gasteiger partial charge on any atom is -0.363 e. The van der Waals surface area contributed by atoms with Crippen molar-refractivity contribution in [1.82, 2.24) is 14.2 Å². The Bertz CT molecular complexity index is 1080. The van der Waals surface area contributed by atoms with E-state index in [2.05, 4.69) is 57.6 Å². The number of amidine groups is 1. The van der Waals surface area contributed by atoms with Gasteiger partial charge in [-0.05, 0) is 25.3 Å². The molecule has 1 aliphatic carbocycles. The molecule has 0 bridgehead atoms. The normalized spacial score (nSPS) is 18.3. The molecular formula is C24H34N4O3S2. The quantitative estimate of drug-likeness (QED) is 0.263. The number of para-hydroxylation sites is 1. The Labute approximate surface area is 201 Å². The van der Waals surface area contributed by atoms with Crippen LogP contribution in [0.15, 0.2) is 40.4 Å². The number of aliphatic imine (C=N–C) groups is 1. The van der Waals surface area contributed by atoms with Crippen LogP contribution in [0.2, 0.25) is 0 Å². The second-order valence-electron chi connectivity index (χ2n) is 8.44. The van der Waals surface area contributed by atoms with Gasteiger partial charge in [0, 0.05) is 48.3 Å². The molecule has 0 amide bonds. The molecule has 2 N–H and O–H groups in total. The van der Waals surface area contributed by atoms with Crippen LogP contribution in [-0.4, -0.2) is 60.2 Å². The Kier molecular flexibility index (Phi) is 9.68. The molecule has 0 atom stereocenters. The van der Waals surface area contributed by atoms with Gasteiger partial charge in [-0.15, -0.1) is 18.2 Å². The Morgan fingerprint density at radius 1 is 1.24 bits per heavy atom. The number of benzene rings is 1. The summed E-state index contributed by atoms with van der Waals surface area (Å²) in [6, 6.07) is 8.40. The molecule has 7 nitrogen and oxygen atoms in total. The van der Waals surface area contributed by atoms with Gasteiger partial charge < -0.3 is 9.47 Å². The molecule has 4 rings (SSSR count). The van der Waals surface area contributed by atoms with Crippen LogP contribution in [0.25, 0.3) is 10.9 Å². The van der Waals surface area contributed by atoms with Crippen molar-refractivity contribution in [3.05, 3.63) is 30.5 Å². The lowest BCUT2D eigenvalue weighted by Crippen LogP contribution is -2.35. The number of hydrogen-bond donors (Lipinski definition) is 2. The van der Waals surface area contributed by atoms with Crippen LogP contribution in [0, 0.1) is 12.3 Å².